The first-order valence-electron chi connectivity index (χ1n) is 9.28. The maximum absolute atomic E-state index is 12.5. The Balaban J connectivity index is 1.42. The summed E-state index contributed by atoms with van der Waals surface area (Å²) in [6.45, 7) is 4.04. The maximum atomic E-state index is 12.5. The van der Waals surface area contributed by atoms with E-state index in [-0.39, 0.29) is 11.8 Å². The molecule has 0 radical (unpaired) electrons. The summed E-state index contributed by atoms with van der Waals surface area (Å²) in [5, 5.41) is 2.99. The van der Waals surface area contributed by atoms with Gasteiger partial charge in [-0.15, -0.1) is 0 Å². The highest BCUT2D eigenvalue weighted by Gasteiger charge is 2.25. The number of hydrogen-bond donors (Lipinski definition) is 1. The molecule has 1 fully saturated rings. The van der Waals surface area contributed by atoms with Gasteiger partial charge >= 0.3 is 0 Å². The fraction of sp³-hybridized carbons (Fsp3) is 0.364. The molecule has 2 aromatic rings. The maximum Gasteiger partial charge on any atom is 0.253 e. The van der Waals surface area contributed by atoms with Crippen LogP contribution in [0.25, 0.3) is 0 Å². The van der Waals surface area contributed by atoms with Crippen LogP contribution < -0.4 is 5.32 Å². The lowest BCUT2D eigenvalue weighted by molar-refractivity contribution is -0.122. The van der Waals surface area contributed by atoms with Crippen LogP contribution in [0.1, 0.15) is 40.7 Å². The van der Waals surface area contributed by atoms with Gasteiger partial charge < -0.3 is 10.2 Å². The average Bonchev–Trinajstić information content (AvgIpc) is 2.68. The number of piperidine rings is 1. The Kier molecular flexibility index (Phi) is 6.05. The molecule has 136 valence electrons. The highest BCUT2D eigenvalue weighted by Crippen LogP contribution is 2.22. The van der Waals surface area contributed by atoms with Crippen LogP contribution in [0, 0.1) is 12.8 Å². The fourth-order valence-electron chi connectivity index (χ4n) is 3.35. The van der Waals surface area contributed by atoms with Crippen molar-refractivity contribution in [2.75, 3.05) is 13.1 Å². The van der Waals surface area contributed by atoms with Crippen molar-refractivity contribution in [3.05, 3.63) is 71.3 Å². The number of amides is 2. The van der Waals surface area contributed by atoms with Gasteiger partial charge in [-0.1, -0.05) is 48.0 Å². The summed E-state index contributed by atoms with van der Waals surface area (Å²) in [5.41, 5.74) is 3.01. The molecule has 1 aliphatic heterocycles. The number of benzene rings is 2. The number of likely N-dealkylation sites (tertiary alicyclic amines) is 1. The van der Waals surface area contributed by atoms with Crippen LogP contribution in [0.2, 0.25) is 0 Å². The van der Waals surface area contributed by atoms with Crippen molar-refractivity contribution in [3.8, 4) is 0 Å². The minimum Gasteiger partial charge on any atom is -0.352 e. The van der Waals surface area contributed by atoms with Gasteiger partial charge in [-0.2, -0.15) is 0 Å². The van der Waals surface area contributed by atoms with Crippen molar-refractivity contribution in [1.29, 1.82) is 0 Å². The Morgan fingerprint density at radius 1 is 1.00 bits per heavy atom. The van der Waals surface area contributed by atoms with Gasteiger partial charge in [-0.25, -0.2) is 0 Å². The van der Waals surface area contributed by atoms with Gasteiger partial charge in [-0.3, -0.25) is 9.59 Å². The molecule has 1 heterocycles. The van der Waals surface area contributed by atoms with E-state index in [2.05, 4.69) is 5.32 Å². The van der Waals surface area contributed by atoms with Gasteiger partial charge in [0, 0.05) is 31.6 Å². The van der Waals surface area contributed by atoms with Crippen molar-refractivity contribution in [2.24, 2.45) is 5.92 Å². The first-order valence-corrected chi connectivity index (χ1v) is 9.28. The number of hydrogen-bond acceptors (Lipinski definition) is 2. The Bertz CT molecular complexity index is 732. The molecule has 1 aliphatic rings. The lowest BCUT2D eigenvalue weighted by Crippen LogP contribution is -2.39. The minimum absolute atomic E-state index is 0.0944. The fourth-order valence-corrected chi connectivity index (χ4v) is 3.35. The molecule has 2 aromatic carbocycles. The van der Waals surface area contributed by atoms with Gasteiger partial charge in [0.15, 0.2) is 0 Å². The number of nitrogens with zero attached hydrogens (tertiary/aromatic N) is 1. The van der Waals surface area contributed by atoms with Crippen LogP contribution in [-0.4, -0.2) is 29.8 Å². The molecule has 0 bridgehead atoms. The van der Waals surface area contributed by atoms with Crippen molar-refractivity contribution in [1.82, 2.24) is 10.2 Å². The Hall–Kier alpha value is -2.62. The van der Waals surface area contributed by atoms with E-state index in [4.69, 9.17) is 0 Å². The number of carbonyl (C=O) groups is 2. The quantitative estimate of drug-likeness (QED) is 0.896. The Morgan fingerprint density at radius 2 is 1.65 bits per heavy atom. The summed E-state index contributed by atoms with van der Waals surface area (Å²) in [5.74, 6) is 0.544. The van der Waals surface area contributed by atoms with E-state index in [0.717, 1.165) is 42.6 Å². The molecule has 1 saturated heterocycles. The van der Waals surface area contributed by atoms with Crippen molar-refractivity contribution < 1.29 is 9.59 Å². The molecule has 0 unspecified atom stereocenters. The lowest BCUT2D eigenvalue weighted by atomic mass is 9.92. The number of nitrogens with one attached hydrogen (secondary N) is 1. The minimum atomic E-state index is 0.0944. The molecule has 0 spiro atoms. The van der Waals surface area contributed by atoms with E-state index < -0.39 is 0 Å². The third-order valence-electron chi connectivity index (χ3n) is 5.01. The van der Waals surface area contributed by atoms with Crippen molar-refractivity contribution >= 4 is 11.8 Å². The zero-order valence-electron chi connectivity index (χ0n) is 15.3. The topological polar surface area (TPSA) is 49.4 Å². The largest absolute Gasteiger partial charge is 0.352 e. The van der Waals surface area contributed by atoms with E-state index >= 15 is 0 Å². The predicted molar refractivity (Wildman–Crippen MR) is 103 cm³/mol. The third kappa shape index (κ3) is 4.94. The molecule has 0 aliphatic carbocycles. The highest BCUT2D eigenvalue weighted by molar-refractivity contribution is 5.94. The Morgan fingerprint density at radius 3 is 2.31 bits per heavy atom. The standard InChI is InChI=1S/C22H26N2O2/c1-17-7-9-20(10-8-17)22(26)24-13-11-18(12-14-24)15-21(25)23-16-19-5-3-2-4-6-19/h2-10,18H,11-16H2,1H3,(H,23,25). The number of carbonyl (C=O) groups excluding carboxylic acids is 2. The first kappa shape index (κ1) is 18.2. The van der Waals surface area contributed by atoms with Crippen molar-refractivity contribution in [2.45, 2.75) is 32.7 Å². The Labute approximate surface area is 155 Å². The summed E-state index contributed by atoms with van der Waals surface area (Å²) in [6.07, 6.45) is 2.31. The number of rotatable bonds is 5. The second kappa shape index (κ2) is 8.65. The van der Waals surface area contributed by atoms with E-state index in [1.165, 1.54) is 0 Å². The zero-order chi connectivity index (χ0) is 18.4. The first-order chi connectivity index (χ1) is 12.6. The third-order valence-corrected chi connectivity index (χ3v) is 5.01. The second-order valence-corrected chi connectivity index (χ2v) is 7.07. The molecule has 1 N–H and O–H groups in total. The molecule has 0 saturated carbocycles. The summed E-state index contributed by atoms with van der Waals surface area (Å²) in [4.78, 5) is 26.6. The average molecular weight is 350 g/mol. The molecule has 0 atom stereocenters. The molecule has 26 heavy (non-hydrogen) atoms. The summed E-state index contributed by atoms with van der Waals surface area (Å²) < 4.78 is 0. The lowest BCUT2D eigenvalue weighted by Gasteiger charge is -2.31. The van der Waals surface area contributed by atoms with E-state index in [9.17, 15) is 9.59 Å². The summed E-state index contributed by atoms with van der Waals surface area (Å²) in [6, 6.07) is 17.7. The van der Waals surface area contributed by atoms with Gasteiger partial charge in [0.1, 0.15) is 0 Å². The zero-order valence-corrected chi connectivity index (χ0v) is 15.3. The van der Waals surface area contributed by atoms with Crippen LogP contribution in [0.15, 0.2) is 54.6 Å². The summed E-state index contributed by atoms with van der Waals surface area (Å²) in [7, 11) is 0. The van der Waals surface area contributed by atoms with Crippen LogP contribution >= 0.6 is 0 Å². The predicted octanol–water partition coefficient (Wildman–Crippen LogP) is 3.55. The van der Waals surface area contributed by atoms with Crippen molar-refractivity contribution in [3.63, 3.8) is 0 Å². The molecule has 3 rings (SSSR count). The molecular formula is C22H26N2O2. The van der Waals surface area contributed by atoms with Gasteiger partial charge in [-0.05, 0) is 43.4 Å². The van der Waals surface area contributed by atoms with Crippen LogP contribution in [0.4, 0.5) is 0 Å². The highest BCUT2D eigenvalue weighted by atomic mass is 16.2. The molecular weight excluding hydrogens is 324 g/mol. The van der Waals surface area contributed by atoms with E-state index in [0.29, 0.717) is 18.9 Å². The van der Waals surface area contributed by atoms with E-state index in [1.807, 2.05) is 66.4 Å². The SMILES string of the molecule is Cc1ccc(C(=O)N2CCC(CC(=O)NCc3ccccc3)CC2)cc1. The van der Waals surface area contributed by atoms with Crippen LogP contribution in [-0.2, 0) is 11.3 Å². The molecule has 4 nitrogen and oxygen atoms in total. The van der Waals surface area contributed by atoms with Gasteiger partial charge in [0.2, 0.25) is 5.91 Å². The second-order valence-electron chi connectivity index (χ2n) is 7.07. The molecule has 0 aromatic heterocycles. The van der Waals surface area contributed by atoms with Gasteiger partial charge in [0.05, 0.1) is 0 Å². The summed E-state index contributed by atoms with van der Waals surface area (Å²) >= 11 is 0. The normalized spacial score (nSPS) is 14.9. The van der Waals surface area contributed by atoms with E-state index in [1.54, 1.807) is 0 Å². The molecule has 2 amide bonds. The van der Waals surface area contributed by atoms with Crippen LogP contribution in [0.3, 0.4) is 0 Å². The smallest absolute Gasteiger partial charge is 0.253 e. The van der Waals surface area contributed by atoms with Gasteiger partial charge in [0.25, 0.3) is 5.91 Å². The molecule has 4 heteroatoms. The number of aryl methyl sites for hydroxylation is 1. The monoisotopic (exact) mass is 350 g/mol. The van der Waals surface area contributed by atoms with Crippen LogP contribution in [0.5, 0.6) is 0 Å².